The Bertz CT molecular complexity index is 373. The lowest BCUT2D eigenvalue weighted by Gasteiger charge is -2.20. The van der Waals surface area contributed by atoms with E-state index in [0.29, 0.717) is 6.04 Å². The molecule has 0 saturated heterocycles. The van der Waals surface area contributed by atoms with Gasteiger partial charge in [-0.3, -0.25) is 0 Å². The molecule has 0 aliphatic heterocycles. The van der Waals surface area contributed by atoms with Gasteiger partial charge < -0.3 is 15.0 Å². The van der Waals surface area contributed by atoms with Gasteiger partial charge >= 0.3 is 0 Å². The number of methoxy groups -OCH3 is 1. The minimum Gasteiger partial charge on any atom is -0.481 e. The summed E-state index contributed by atoms with van der Waals surface area (Å²) < 4.78 is 7.15. The van der Waals surface area contributed by atoms with Crippen LogP contribution in [0.4, 0.5) is 0 Å². The van der Waals surface area contributed by atoms with E-state index in [1.807, 2.05) is 14.0 Å². The van der Waals surface area contributed by atoms with E-state index in [4.69, 9.17) is 4.74 Å². The molecule has 0 radical (unpaired) electrons. The van der Waals surface area contributed by atoms with Crippen molar-refractivity contribution in [2.45, 2.75) is 33.4 Å². The molecule has 0 atom stereocenters. The fourth-order valence-electron chi connectivity index (χ4n) is 1.87. The molecule has 0 aromatic carbocycles. The summed E-state index contributed by atoms with van der Waals surface area (Å²) in [7, 11) is 5.73. The number of ether oxygens (including phenoxy) is 1. The molecule has 0 spiro atoms. The Balaban J connectivity index is 2.44. The monoisotopic (exact) mass is 254 g/mol. The molecule has 1 heterocycles. The molecule has 0 aliphatic carbocycles. The number of hydrogen-bond acceptors (Lipinski definition) is 4. The van der Waals surface area contributed by atoms with Gasteiger partial charge in [-0.05, 0) is 27.8 Å². The van der Waals surface area contributed by atoms with Crippen LogP contribution < -0.4 is 10.1 Å². The van der Waals surface area contributed by atoms with Gasteiger partial charge in [-0.15, -0.1) is 0 Å². The average Bonchev–Trinajstić information content (AvgIpc) is 2.58. The predicted molar refractivity (Wildman–Crippen MR) is 74.0 cm³/mol. The van der Waals surface area contributed by atoms with Crippen molar-refractivity contribution in [1.29, 1.82) is 0 Å². The zero-order chi connectivity index (χ0) is 13.7. The van der Waals surface area contributed by atoms with Crippen LogP contribution in [0.3, 0.4) is 0 Å². The molecule has 1 aromatic rings. The van der Waals surface area contributed by atoms with Crippen LogP contribution in [-0.2, 0) is 13.6 Å². The first-order valence-electron chi connectivity index (χ1n) is 6.44. The van der Waals surface area contributed by atoms with E-state index >= 15 is 0 Å². The van der Waals surface area contributed by atoms with Crippen molar-refractivity contribution < 1.29 is 4.74 Å². The highest BCUT2D eigenvalue weighted by Gasteiger charge is 2.13. The summed E-state index contributed by atoms with van der Waals surface area (Å²) in [5, 5.41) is 7.81. The third kappa shape index (κ3) is 3.71. The highest BCUT2D eigenvalue weighted by molar-refractivity contribution is 5.30. The smallest absolute Gasteiger partial charge is 0.216 e. The van der Waals surface area contributed by atoms with E-state index in [9.17, 15) is 0 Å². The Morgan fingerprint density at radius 2 is 2.11 bits per heavy atom. The molecule has 1 rings (SSSR count). The van der Waals surface area contributed by atoms with Crippen molar-refractivity contribution in [2.24, 2.45) is 7.05 Å². The minimum absolute atomic E-state index is 0.585. The quantitative estimate of drug-likeness (QED) is 0.742. The first-order chi connectivity index (χ1) is 8.47. The third-order valence-electron chi connectivity index (χ3n) is 3.31. The fourth-order valence-corrected chi connectivity index (χ4v) is 1.87. The standard InChI is InChI=1S/C13H26N4O/c1-10(2)16(4)8-7-14-9-12-11(3)15-17(5)13(12)18-6/h10,14H,7-9H2,1-6H3. The molecule has 0 amide bonds. The molecule has 1 aromatic heterocycles. The van der Waals surface area contributed by atoms with Crippen molar-refractivity contribution in [2.75, 3.05) is 27.2 Å². The normalized spacial score (nSPS) is 11.6. The van der Waals surface area contributed by atoms with Gasteiger partial charge in [0, 0.05) is 32.7 Å². The van der Waals surface area contributed by atoms with Crippen LogP contribution in [0.25, 0.3) is 0 Å². The molecule has 18 heavy (non-hydrogen) atoms. The number of likely N-dealkylation sites (N-methyl/N-ethyl adjacent to an activating group) is 1. The van der Waals surface area contributed by atoms with E-state index in [2.05, 4.69) is 36.2 Å². The number of hydrogen-bond donors (Lipinski definition) is 1. The van der Waals surface area contributed by atoms with E-state index < -0.39 is 0 Å². The molecule has 0 bridgehead atoms. The molecular weight excluding hydrogens is 228 g/mol. The zero-order valence-corrected chi connectivity index (χ0v) is 12.4. The van der Waals surface area contributed by atoms with E-state index in [-0.39, 0.29) is 0 Å². The molecule has 5 nitrogen and oxygen atoms in total. The molecule has 0 unspecified atom stereocenters. The largest absolute Gasteiger partial charge is 0.481 e. The van der Waals surface area contributed by atoms with Gasteiger partial charge in [0.1, 0.15) is 0 Å². The lowest BCUT2D eigenvalue weighted by molar-refractivity contribution is 0.273. The Hall–Kier alpha value is -1.07. The SMILES string of the molecule is COc1c(CNCCN(C)C(C)C)c(C)nn1C. The first-order valence-corrected chi connectivity index (χ1v) is 6.44. The summed E-state index contributed by atoms with van der Waals surface area (Å²) in [5.74, 6) is 0.845. The van der Waals surface area contributed by atoms with Crippen molar-refractivity contribution in [3.8, 4) is 5.88 Å². The molecule has 0 saturated carbocycles. The van der Waals surface area contributed by atoms with Crippen LogP contribution in [0.5, 0.6) is 5.88 Å². The third-order valence-corrected chi connectivity index (χ3v) is 3.31. The summed E-state index contributed by atoms with van der Waals surface area (Å²) in [5.41, 5.74) is 2.17. The molecule has 1 N–H and O–H groups in total. The lowest BCUT2D eigenvalue weighted by Crippen LogP contribution is -2.33. The van der Waals surface area contributed by atoms with E-state index in [1.165, 1.54) is 0 Å². The van der Waals surface area contributed by atoms with Crippen molar-refractivity contribution in [1.82, 2.24) is 20.0 Å². The lowest BCUT2D eigenvalue weighted by atomic mass is 10.2. The highest BCUT2D eigenvalue weighted by Crippen LogP contribution is 2.20. The van der Waals surface area contributed by atoms with Crippen molar-refractivity contribution >= 4 is 0 Å². The zero-order valence-electron chi connectivity index (χ0n) is 12.4. The molecule has 104 valence electrons. The first kappa shape index (κ1) is 15.0. The van der Waals surface area contributed by atoms with Gasteiger partial charge in [-0.1, -0.05) is 0 Å². The van der Waals surface area contributed by atoms with Crippen LogP contribution in [0, 0.1) is 6.92 Å². The maximum atomic E-state index is 5.36. The summed E-state index contributed by atoms with van der Waals surface area (Å²) >= 11 is 0. The Morgan fingerprint density at radius 1 is 1.44 bits per heavy atom. The van der Waals surface area contributed by atoms with Gasteiger partial charge in [-0.2, -0.15) is 5.10 Å². The van der Waals surface area contributed by atoms with E-state index in [0.717, 1.165) is 36.8 Å². The summed E-state index contributed by atoms with van der Waals surface area (Å²) in [4.78, 5) is 2.32. The molecule has 5 heteroatoms. The second-order valence-corrected chi connectivity index (χ2v) is 4.95. The number of aryl methyl sites for hydroxylation is 2. The number of rotatable bonds is 7. The van der Waals surface area contributed by atoms with Crippen LogP contribution in [-0.4, -0.2) is 48.0 Å². The van der Waals surface area contributed by atoms with Crippen LogP contribution >= 0.6 is 0 Å². The maximum Gasteiger partial charge on any atom is 0.216 e. The van der Waals surface area contributed by atoms with Gasteiger partial charge in [-0.25, -0.2) is 4.68 Å². The number of aromatic nitrogens is 2. The van der Waals surface area contributed by atoms with Crippen LogP contribution in [0.2, 0.25) is 0 Å². The Kier molecular flexibility index (Phi) is 5.62. The van der Waals surface area contributed by atoms with E-state index in [1.54, 1.807) is 11.8 Å². The van der Waals surface area contributed by atoms with Gasteiger partial charge in [0.2, 0.25) is 5.88 Å². The van der Waals surface area contributed by atoms with Gasteiger partial charge in [0.25, 0.3) is 0 Å². The fraction of sp³-hybridized carbons (Fsp3) is 0.769. The minimum atomic E-state index is 0.585. The predicted octanol–water partition coefficient (Wildman–Crippen LogP) is 1.17. The van der Waals surface area contributed by atoms with Crippen molar-refractivity contribution in [3.05, 3.63) is 11.3 Å². The summed E-state index contributed by atoms with van der Waals surface area (Å²) in [6.45, 7) is 9.22. The Labute approximate surface area is 110 Å². The highest BCUT2D eigenvalue weighted by atomic mass is 16.5. The van der Waals surface area contributed by atoms with Gasteiger partial charge in [0.15, 0.2) is 0 Å². The summed E-state index contributed by atoms with van der Waals surface area (Å²) in [6, 6.07) is 0.585. The molecule has 0 aliphatic rings. The van der Waals surface area contributed by atoms with Crippen LogP contribution in [0.15, 0.2) is 0 Å². The van der Waals surface area contributed by atoms with Crippen molar-refractivity contribution in [3.63, 3.8) is 0 Å². The second kappa shape index (κ2) is 6.75. The average molecular weight is 254 g/mol. The Morgan fingerprint density at radius 3 is 2.67 bits per heavy atom. The van der Waals surface area contributed by atoms with Gasteiger partial charge in [0.05, 0.1) is 18.4 Å². The number of nitrogens with one attached hydrogen (secondary N) is 1. The molecule has 0 fully saturated rings. The molecular formula is C13H26N4O. The maximum absolute atomic E-state index is 5.36. The summed E-state index contributed by atoms with van der Waals surface area (Å²) in [6.07, 6.45) is 0. The topological polar surface area (TPSA) is 42.3 Å². The number of nitrogens with zero attached hydrogens (tertiary/aromatic N) is 3. The van der Waals surface area contributed by atoms with Crippen LogP contribution in [0.1, 0.15) is 25.1 Å². The second-order valence-electron chi connectivity index (χ2n) is 4.95.